The number of aryl methyl sites for hydroxylation is 1. The summed E-state index contributed by atoms with van der Waals surface area (Å²) >= 11 is 6.55. The van der Waals surface area contributed by atoms with Gasteiger partial charge in [0.15, 0.2) is 16.0 Å². The van der Waals surface area contributed by atoms with Crippen LogP contribution in [-0.2, 0) is 0 Å². The Kier molecular flexibility index (Phi) is 4.77. The van der Waals surface area contributed by atoms with E-state index in [1.807, 2.05) is 19.1 Å². The van der Waals surface area contributed by atoms with Crippen molar-refractivity contribution in [3.63, 3.8) is 0 Å². The first kappa shape index (κ1) is 16.4. The predicted octanol–water partition coefficient (Wildman–Crippen LogP) is 3.31. The molecule has 5 nitrogen and oxygen atoms in total. The van der Waals surface area contributed by atoms with Crippen molar-refractivity contribution in [2.24, 2.45) is 0 Å². The van der Waals surface area contributed by atoms with Crippen LogP contribution in [-0.4, -0.2) is 27.4 Å². The van der Waals surface area contributed by atoms with Gasteiger partial charge in [-0.2, -0.15) is 0 Å². The van der Waals surface area contributed by atoms with E-state index in [4.69, 9.17) is 12.2 Å². The van der Waals surface area contributed by atoms with Crippen molar-refractivity contribution in [2.45, 2.75) is 6.92 Å². The molecular formula is C16H13FN4OS2. The zero-order valence-electron chi connectivity index (χ0n) is 12.7. The van der Waals surface area contributed by atoms with Crippen LogP contribution in [0.5, 0.6) is 0 Å². The molecule has 0 spiro atoms. The van der Waals surface area contributed by atoms with Crippen molar-refractivity contribution in [3.8, 4) is 0 Å². The van der Waals surface area contributed by atoms with Gasteiger partial charge in [0.05, 0.1) is 6.54 Å². The first-order chi connectivity index (χ1) is 11.5. The van der Waals surface area contributed by atoms with Crippen molar-refractivity contribution in [1.82, 2.24) is 15.3 Å². The molecule has 2 heterocycles. The Morgan fingerprint density at radius 3 is 2.71 bits per heavy atom. The SMILES string of the molecule is Cc1ccc2nc(NC(=S)NCC(=O)c3ccc(F)cc3)sc2n1. The predicted molar refractivity (Wildman–Crippen MR) is 97.1 cm³/mol. The molecule has 0 aliphatic heterocycles. The van der Waals surface area contributed by atoms with Crippen molar-refractivity contribution >= 4 is 49.9 Å². The van der Waals surface area contributed by atoms with Gasteiger partial charge in [0, 0.05) is 11.3 Å². The van der Waals surface area contributed by atoms with Gasteiger partial charge in [-0.3, -0.25) is 4.79 Å². The van der Waals surface area contributed by atoms with Gasteiger partial charge in [-0.1, -0.05) is 11.3 Å². The third kappa shape index (κ3) is 3.90. The average molecular weight is 360 g/mol. The van der Waals surface area contributed by atoms with Gasteiger partial charge in [-0.25, -0.2) is 14.4 Å². The molecule has 0 atom stereocenters. The largest absolute Gasteiger partial charge is 0.355 e. The molecule has 8 heteroatoms. The summed E-state index contributed by atoms with van der Waals surface area (Å²) in [6.07, 6.45) is 0. The second-order valence-electron chi connectivity index (χ2n) is 5.03. The van der Waals surface area contributed by atoms with Crippen molar-refractivity contribution in [2.75, 3.05) is 11.9 Å². The van der Waals surface area contributed by atoms with Crippen LogP contribution < -0.4 is 10.6 Å². The Morgan fingerprint density at radius 1 is 1.21 bits per heavy atom. The Labute approximate surface area is 146 Å². The van der Waals surface area contributed by atoms with Crippen LogP contribution in [0, 0.1) is 12.7 Å². The number of carbonyl (C=O) groups is 1. The van der Waals surface area contributed by atoms with Gasteiger partial charge in [-0.05, 0) is 55.5 Å². The first-order valence-corrected chi connectivity index (χ1v) is 8.31. The van der Waals surface area contributed by atoms with Gasteiger partial charge in [-0.15, -0.1) is 0 Å². The van der Waals surface area contributed by atoms with E-state index in [9.17, 15) is 9.18 Å². The topological polar surface area (TPSA) is 66.9 Å². The highest BCUT2D eigenvalue weighted by molar-refractivity contribution is 7.80. The number of benzene rings is 1. The first-order valence-electron chi connectivity index (χ1n) is 7.09. The third-order valence-corrected chi connectivity index (χ3v) is 4.32. The molecule has 0 amide bonds. The van der Waals surface area contributed by atoms with Crippen molar-refractivity contribution in [3.05, 3.63) is 53.5 Å². The number of hydrogen-bond donors (Lipinski definition) is 2. The molecule has 24 heavy (non-hydrogen) atoms. The lowest BCUT2D eigenvalue weighted by Gasteiger charge is -2.07. The number of carbonyl (C=O) groups excluding carboxylic acids is 1. The summed E-state index contributed by atoms with van der Waals surface area (Å²) < 4.78 is 12.9. The quantitative estimate of drug-likeness (QED) is 0.550. The smallest absolute Gasteiger partial charge is 0.191 e. The molecular weight excluding hydrogens is 347 g/mol. The number of anilines is 1. The number of nitrogens with zero attached hydrogens (tertiary/aromatic N) is 2. The number of nitrogens with one attached hydrogen (secondary N) is 2. The molecule has 0 aliphatic rings. The number of hydrogen-bond acceptors (Lipinski definition) is 5. The highest BCUT2D eigenvalue weighted by Gasteiger charge is 2.09. The fraction of sp³-hybridized carbons (Fsp3) is 0.125. The van der Waals surface area contributed by atoms with Crippen LogP contribution in [0.2, 0.25) is 0 Å². The minimum Gasteiger partial charge on any atom is -0.355 e. The molecule has 1 aromatic carbocycles. The molecule has 3 rings (SSSR count). The lowest BCUT2D eigenvalue weighted by Crippen LogP contribution is -2.33. The van der Waals surface area contributed by atoms with Crippen LogP contribution in [0.25, 0.3) is 10.3 Å². The minimum atomic E-state index is -0.378. The van der Waals surface area contributed by atoms with Crippen molar-refractivity contribution < 1.29 is 9.18 Å². The molecule has 122 valence electrons. The summed E-state index contributed by atoms with van der Waals surface area (Å²) in [4.78, 5) is 21.6. The number of halogens is 1. The zero-order valence-corrected chi connectivity index (χ0v) is 14.3. The number of aromatic nitrogens is 2. The van der Waals surface area contributed by atoms with E-state index in [0.29, 0.717) is 15.8 Å². The Morgan fingerprint density at radius 2 is 1.96 bits per heavy atom. The molecule has 0 saturated heterocycles. The van der Waals surface area contributed by atoms with Crippen LogP contribution in [0.3, 0.4) is 0 Å². The zero-order chi connectivity index (χ0) is 17.1. The molecule has 0 radical (unpaired) electrons. The van der Waals surface area contributed by atoms with E-state index < -0.39 is 0 Å². The van der Waals surface area contributed by atoms with E-state index >= 15 is 0 Å². The maximum Gasteiger partial charge on any atom is 0.191 e. The summed E-state index contributed by atoms with van der Waals surface area (Å²) in [6, 6.07) is 9.17. The lowest BCUT2D eigenvalue weighted by atomic mass is 10.1. The van der Waals surface area contributed by atoms with E-state index in [2.05, 4.69) is 20.6 Å². The van der Waals surface area contributed by atoms with Gasteiger partial charge in [0.2, 0.25) is 0 Å². The van der Waals surface area contributed by atoms with Crippen molar-refractivity contribution in [1.29, 1.82) is 0 Å². The summed E-state index contributed by atoms with van der Waals surface area (Å²) in [5, 5.41) is 6.66. The fourth-order valence-corrected chi connectivity index (χ4v) is 3.12. The Balaban J connectivity index is 1.58. The van der Waals surface area contributed by atoms with Crippen LogP contribution in [0.1, 0.15) is 16.1 Å². The standard InChI is InChI=1S/C16H13FN4OS2/c1-9-2-7-12-14(19-9)24-16(20-12)21-15(23)18-8-13(22)10-3-5-11(17)6-4-10/h2-7H,8H2,1H3,(H2,18,20,21,23). The third-order valence-electron chi connectivity index (χ3n) is 3.19. The van der Waals surface area contributed by atoms with E-state index in [1.165, 1.54) is 35.6 Å². The second-order valence-corrected chi connectivity index (χ2v) is 6.42. The van der Waals surface area contributed by atoms with Crippen LogP contribution in [0.15, 0.2) is 36.4 Å². The number of thiocarbonyl (C=S) groups is 1. The normalized spacial score (nSPS) is 10.6. The summed E-state index contributed by atoms with van der Waals surface area (Å²) in [6.45, 7) is 1.93. The van der Waals surface area contributed by atoms with Crippen LogP contribution >= 0.6 is 23.6 Å². The number of Topliss-reactive ketones (excluding diaryl/α,β-unsaturated/α-hetero) is 1. The van der Waals surface area contributed by atoms with Gasteiger partial charge in [0.1, 0.15) is 16.2 Å². The number of rotatable bonds is 4. The van der Waals surface area contributed by atoms with Gasteiger partial charge < -0.3 is 10.6 Å². The molecule has 0 fully saturated rings. The fourth-order valence-electron chi connectivity index (χ4n) is 2.00. The maximum atomic E-state index is 12.9. The summed E-state index contributed by atoms with van der Waals surface area (Å²) in [5.41, 5.74) is 2.13. The highest BCUT2D eigenvalue weighted by Crippen LogP contribution is 2.24. The average Bonchev–Trinajstić information content (AvgIpc) is 2.94. The Hall–Kier alpha value is -2.45. The molecule has 0 unspecified atom stereocenters. The maximum absolute atomic E-state index is 12.9. The van der Waals surface area contributed by atoms with E-state index in [-0.39, 0.29) is 18.1 Å². The molecule has 3 aromatic rings. The molecule has 0 bridgehead atoms. The highest BCUT2D eigenvalue weighted by atomic mass is 32.1. The molecule has 0 saturated carbocycles. The second kappa shape index (κ2) is 6.98. The summed E-state index contributed by atoms with van der Waals surface area (Å²) in [7, 11) is 0. The number of thiazole rings is 1. The van der Waals surface area contributed by atoms with Gasteiger partial charge >= 0.3 is 0 Å². The number of fused-ring (bicyclic) bond motifs is 1. The van der Waals surface area contributed by atoms with Crippen LogP contribution in [0.4, 0.5) is 9.52 Å². The van der Waals surface area contributed by atoms with E-state index in [0.717, 1.165) is 16.0 Å². The molecule has 0 aliphatic carbocycles. The molecule has 2 aromatic heterocycles. The van der Waals surface area contributed by atoms with E-state index in [1.54, 1.807) is 0 Å². The summed E-state index contributed by atoms with van der Waals surface area (Å²) in [5.74, 6) is -0.558. The minimum absolute atomic E-state index is 0.0136. The Bertz CT molecular complexity index is 908. The number of ketones is 1. The molecule has 2 N–H and O–H groups in total. The lowest BCUT2D eigenvalue weighted by molar-refractivity contribution is 0.0996. The monoisotopic (exact) mass is 360 g/mol. The number of pyridine rings is 1. The van der Waals surface area contributed by atoms with Gasteiger partial charge in [0.25, 0.3) is 0 Å².